The van der Waals surface area contributed by atoms with Gasteiger partial charge in [0.2, 0.25) is 0 Å². The summed E-state index contributed by atoms with van der Waals surface area (Å²) in [5.74, 6) is 3.37. The maximum atomic E-state index is 12.4. The van der Waals surface area contributed by atoms with Crippen molar-refractivity contribution >= 4 is 49.7 Å². The number of benzene rings is 6. The van der Waals surface area contributed by atoms with Crippen molar-refractivity contribution < 1.29 is 38.0 Å². The van der Waals surface area contributed by atoms with Crippen LogP contribution >= 0.6 is 15.9 Å². The van der Waals surface area contributed by atoms with E-state index in [0.29, 0.717) is 68.2 Å². The first-order valence-electron chi connectivity index (χ1n) is 25.9. The number of esters is 2. The Bertz CT molecular complexity index is 3190. The summed E-state index contributed by atoms with van der Waals surface area (Å²) < 4.78 is 40.6. The molecular formula is C62H63BrN2O8. The van der Waals surface area contributed by atoms with E-state index >= 15 is 0 Å². The number of nitrogens with zero attached hydrogens (tertiary/aromatic N) is 2. The highest BCUT2D eigenvalue weighted by Crippen LogP contribution is 2.50. The predicted octanol–water partition coefficient (Wildman–Crippen LogP) is 15.0. The summed E-state index contributed by atoms with van der Waals surface area (Å²) >= 11 is 3.93. The maximum absolute atomic E-state index is 12.4. The lowest BCUT2D eigenvalue weighted by atomic mass is 9.81. The van der Waals surface area contributed by atoms with E-state index in [2.05, 4.69) is 61.5 Å². The molecule has 11 rings (SSSR count). The molecule has 2 aromatic heterocycles. The first-order chi connectivity index (χ1) is 35.9. The van der Waals surface area contributed by atoms with Crippen molar-refractivity contribution in [1.82, 2.24) is 9.13 Å². The summed E-state index contributed by atoms with van der Waals surface area (Å²) in [6.45, 7) is 3.29. The van der Waals surface area contributed by atoms with E-state index in [-0.39, 0.29) is 11.9 Å². The van der Waals surface area contributed by atoms with Gasteiger partial charge in [-0.05, 0) is 124 Å². The highest BCUT2D eigenvalue weighted by molar-refractivity contribution is 9.10. The summed E-state index contributed by atoms with van der Waals surface area (Å²) in [6, 6.07) is 46.2. The molecule has 8 aromatic rings. The molecule has 1 aliphatic heterocycles. The zero-order chi connectivity index (χ0) is 50.1. The molecule has 10 nitrogen and oxygen atoms in total. The Morgan fingerprint density at radius 1 is 0.575 bits per heavy atom. The van der Waals surface area contributed by atoms with E-state index < -0.39 is 0 Å². The molecule has 2 aliphatic carbocycles. The van der Waals surface area contributed by atoms with Crippen LogP contribution in [0.4, 0.5) is 0 Å². The standard InChI is InChI=1S/C31H32BrNO4.C31H31NO4/c1-35-31(34)24-16-17-25-26(20-24)33(30(32)29(25)23-12-6-3-7-13-23)18-19-36-27-14-8-9-15-28(27)37-21-22-10-4-2-5-11-22;1-34-31(33)23-15-16-24-26(19-23)32-17-18-35-30-25(29(32)28(24)22-11-6-3-7-12-22)13-8-14-27(30)36-20-21-9-4-2-5-10-21/h2,4-5,8-11,14-17,20,23H,3,6-7,12-13,18-19,21H2,1H3;2,4-5,8-10,13-16,19,22H,3,6-7,11-12,17-18,20H2,1H3. The van der Waals surface area contributed by atoms with Crippen molar-refractivity contribution in [1.29, 1.82) is 0 Å². The fraction of sp³-hybridized carbons (Fsp3) is 0.323. The van der Waals surface area contributed by atoms with Gasteiger partial charge in [-0.3, -0.25) is 0 Å². The molecule has 376 valence electrons. The Morgan fingerprint density at radius 3 is 1.70 bits per heavy atom. The number of fused-ring (bicyclic) bond motifs is 6. The number of methoxy groups -OCH3 is 2. The minimum absolute atomic E-state index is 0.312. The SMILES string of the molecule is COC(=O)c1ccc2c(C3CCCCC3)c(Br)n(CCOc3ccccc3OCc3ccccc3)c2c1.COC(=O)c1ccc2c(C3CCCCC3)c3n(c2c1)CCOc1c(OCc2ccccc2)cccc1-3. The number of halogens is 1. The molecule has 73 heavy (non-hydrogen) atoms. The van der Waals surface area contributed by atoms with Gasteiger partial charge in [-0.1, -0.05) is 130 Å². The summed E-state index contributed by atoms with van der Waals surface area (Å²) in [5.41, 5.74) is 10.4. The van der Waals surface area contributed by atoms with Crippen molar-refractivity contribution in [3.63, 3.8) is 0 Å². The number of rotatable bonds is 14. The lowest BCUT2D eigenvalue weighted by molar-refractivity contribution is 0.0592. The van der Waals surface area contributed by atoms with Crippen LogP contribution in [0.1, 0.15) is 119 Å². The van der Waals surface area contributed by atoms with Gasteiger partial charge in [0.05, 0.1) is 54.2 Å². The summed E-state index contributed by atoms with van der Waals surface area (Å²) in [4.78, 5) is 24.6. The van der Waals surface area contributed by atoms with Crippen LogP contribution in [0.15, 0.2) is 144 Å². The minimum atomic E-state index is -0.328. The average molecular weight is 1040 g/mol. The molecule has 2 saturated carbocycles. The van der Waals surface area contributed by atoms with E-state index in [0.717, 1.165) is 49.6 Å². The van der Waals surface area contributed by atoms with Gasteiger partial charge in [-0.15, -0.1) is 0 Å². The molecule has 0 atom stereocenters. The Morgan fingerprint density at radius 2 is 1.10 bits per heavy atom. The largest absolute Gasteiger partial charge is 0.488 e. The number of carbonyl (C=O) groups excluding carboxylic acids is 2. The van der Waals surface area contributed by atoms with Crippen molar-refractivity contribution in [2.24, 2.45) is 0 Å². The molecule has 0 spiro atoms. The Balaban J connectivity index is 0.000000168. The van der Waals surface area contributed by atoms with E-state index in [1.54, 1.807) is 0 Å². The second kappa shape index (κ2) is 23.3. The summed E-state index contributed by atoms with van der Waals surface area (Å²) in [7, 11) is 2.85. The van der Waals surface area contributed by atoms with Crippen LogP contribution in [0.5, 0.6) is 23.0 Å². The van der Waals surface area contributed by atoms with Gasteiger partial charge in [-0.25, -0.2) is 9.59 Å². The van der Waals surface area contributed by atoms with Crippen LogP contribution in [0.2, 0.25) is 0 Å². The number of ether oxygens (including phenoxy) is 6. The monoisotopic (exact) mass is 1040 g/mol. The third-order valence-corrected chi connectivity index (χ3v) is 15.6. The molecule has 11 heteroatoms. The van der Waals surface area contributed by atoms with E-state index in [1.807, 2.05) is 103 Å². The Hall–Kier alpha value is -6.98. The average Bonchev–Trinajstić information content (AvgIpc) is 3.83. The van der Waals surface area contributed by atoms with Crippen LogP contribution in [-0.4, -0.2) is 48.5 Å². The Labute approximate surface area is 436 Å². The molecule has 0 N–H and O–H groups in total. The number of para-hydroxylation sites is 3. The number of carbonyl (C=O) groups is 2. The van der Waals surface area contributed by atoms with E-state index in [1.165, 1.54) is 106 Å². The van der Waals surface area contributed by atoms with Gasteiger partial charge in [0.15, 0.2) is 23.0 Å². The second-order valence-corrected chi connectivity index (χ2v) is 20.0. The second-order valence-electron chi connectivity index (χ2n) is 19.2. The van der Waals surface area contributed by atoms with E-state index in [9.17, 15) is 9.59 Å². The lowest BCUT2D eigenvalue weighted by Gasteiger charge is -2.24. The minimum Gasteiger partial charge on any atom is -0.488 e. The molecule has 3 heterocycles. The predicted molar refractivity (Wildman–Crippen MR) is 290 cm³/mol. The summed E-state index contributed by atoms with van der Waals surface area (Å²) in [6.07, 6.45) is 12.4. The molecule has 3 aliphatic rings. The molecule has 6 aromatic carbocycles. The van der Waals surface area contributed by atoms with Gasteiger partial charge < -0.3 is 37.6 Å². The van der Waals surface area contributed by atoms with Crippen LogP contribution in [0, 0.1) is 0 Å². The molecule has 2 fully saturated rings. The maximum Gasteiger partial charge on any atom is 0.337 e. The van der Waals surface area contributed by atoms with Crippen molar-refractivity contribution in [3.8, 4) is 34.3 Å². The topological polar surface area (TPSA) is 99.4 Å². The van der Waals surface area contributed by atoms with Crippen molar-refractivity contribution in [2.45, 2.75) is 102 Å². The van der Waals surface area contributed by atoms with Crippen LogP contribution in [-0.2, 0) is 35.8 Å². The zero-order valence-electron chi connectivity index (χ0n) is 41.8. The van der Waals surface area contributed by atoms with E-state index in [4.69, 9.17) is 28.4 Å². The fourth-order valence-electron chi connectivity index (χ4n) is 11.1. The zero-order valence-corrected chi connectivity index (χ0v) is 43.4. The van der Waals surface area contributed by atoms with Crippen LogP contribution in [0.3, 0.4) is 0 Å². The van der Waals surface area contributed by atoms with Gasteiger partial charge >= 0.3 is 11.9 Å². The van der Waals surface area contributed by atoms with Crippen molar-refractivity contribution in [3.05, 3.63) is 178 Å². The fourth-order valence-corrected chi connectivity index (χ4v) is 12.1. The molecule has 0 unspecified atom stereocenters. The quantitative estimate of drug-likeness (QED) is 0.0993. The molecular weight excluding hydrogens is 981 g/mol. The smallest absolute Gasteiger partial charge is 0.337 e. The number of aromatic nitrogens is 2. The Kier molecular flexibility index (Phi) is 15.8. The normalized spacial score (nSPS) is 14.7. The highest BCUT2D eigenvalue weighted by atomic mass is 79.9. The lowest BCUT2D eigenvalue weighted by Crippen LogP contribution is -2.10. The van der Waals surface area contributed by atoms with Gasteiger partial charge in [0, 0.05) is 21.9 Å². The molecule has 0 saturated heterocycles. The summed E-state index contributed by atoms with van der Waals surface area (Å²) in [5, 5.41) is 2.42. The van der Waals surface area contributed by atoms with Gasteiger partial charge in [0.25, 0.3) is 0 Å². The third kappa shape index (κ3) is 10.9. The van der Waals surface area contributed by atoms with Gasteiger partial charge in [0.1, 0.15) is 26.4 Å². The third-order valence-electron chi connectivity index (χ3n) is 14.7. The van der Waals surface area contributed by atoms with Crippen LogP contribution in [0.25, 0.3) is 33.1 Å². The molecule has 0 amide bonds. The first kappa shape index (κ1) is 49.6. The molecule has 0 radical (unpaired) electrons. The van der Waals surface area contributed by atoms with Crippen LogP contribution < -0.4 is 18.9 Å². The van der Waals surface area contributed by atoms with Crippen molar-refractivity contribution in [2.75, 3.05) is 27.4 Å². The highest BCUT2D eigenvalue weighted by Gasteiger charge is 2.31. The van der Waals surface area contributed by atoms with Gasteiger partial charge in [-0.2, -0.15) is 0 Å². The number of hydrogen-bond donors (Lipinski definition) is 0. The molecule has 0 bridgehead atoms. The first-order valence-corrected chi connectivity index (χ1v) is 26.6. The number of hydrogen-bond acceptors (Lipinski definition) is 8.